The summed E-state index contributed by atoms with van der Waals surface area (Å²) in [5, 5.41) is 0. The average molecular weight is 296 g/mol. The van der Waals surface area contributed by atoms with Gasteiger partial charge in [0.25, 0.3) is 0 Å². The molecular weight excluding hydrogens is 292 g/mol. The molecule has 0 amide bonds. The van der Waals surface area contributed by atoms with Crippen LogP contribution in [0.5, 0.6) is 0 Å². The topological polar surface area (TPSA) is 0 Å². The first-order chi connectivity index (χ1) is 4.61. The Morgan fingerprint density at radius 1 is 1.25 bits per heavy atom. The molecule has 0 radical (unpaired) electrons. The zero-order valence-electron chi connectivity index (χ0n) is 6.03. The fraction of sp³-hybridized carbons (Fsp3) is 0.143. The van der Waals surface area contributed by atoms with Crippen LogP contribution in [0.4, 0.5) is 13.2 Å². The molecule has 0 bridgehead atoms. The summed E-state index contributed by atoms with van der Waals surface area (Å²) in [6.45, 7) is 0. The predicted molar refractivity (Wildman–Crippen MR) is 36.0 cm³/mol. The Hall–Kier alpha value is 0.506. The molecule has 0 heterocycles. The number of benzene rings is 1. The van der Waals surface area contributed by atoms with Gasteiger partial charge in [-0.15, -0.1) is 0 Å². The molecule has 0 aliphatic heterocycles. The minimum absolute atomic E-state index is 0. The zero-order chi connectivity index (χ0) is 7.61. The molecule has 1 aromatic rings. The standard InChI is InChI=1S/C7H4F3.HI.Mg/c8-7(9,10)6-4-2-1-3-5-6;;/h1-2,4-5H;1H;/q-1;;+2/p-1. The van der Waals surface area contributed by atoms with E-state index in [0.717, 1.165) is 12.1 Å². The summed E-state index contributed by atoms with van der Waals surface area (Å²) < 4.78 is 35.3. The molecule has 0 nitrogen and oxygen atoms in total. The maximum atomic E-state index is 11.8. The smallest absolute Gasteiger partial charge is 1.00 e. The van der Waals surface area contributed by atoms with Gasteiger partial charge in [0.05, 0.1) is 0 Å². The first-order valence-corrected chi connectivity index (χ1v) is 2.64. The van der Waals surface area contributed by atoms with Crippen molar-refractivity contribution in [2.24, 2.45) is 0 Å². The molecule has 0 aliphatic rings. The predicted octanol–water partition coefficient (Wildman–Crippen LogP) is -0.871. The van der Waals surface area contributed by atoms with Gasteiger partial charge in [-0.25, -0.2) is 0 Å². The summed E-state index contributed by atoms with van der Waals surface area (Å²) >= 11 is 0. The summed E-state index contributed by atoms with van der Waals surface area (Å²) in [5.41, 5.74) is -0.657. The van der Waals surface area contributed by atoms with Crippen LogP contribution >= 0.6 is 0 Å². The summed E-state index contributed by atoms with van der Waals surface area (Å²) in [6.07, 6.45) is -4.24. The first-order valence-electron chi connectivity index (χ1n) is 2.64. The van der Waals surface area contributed by atoms with Crippen LogP contribution in [0.3, 0.4) is 0 Å². The third-order valence-corrected chi connectivity index (χ3v) is 1.03. The van der Waals surface area contributed by atoms with Crippen LogP contribution in [0.2, 0.25) is 0 Å². The molecule has 1 rings (SSSR count). The van der Waals surface area contributed by atoms with Crippen molar-refractivity contribution in [3.63, 3.8) is 0 Å². The van der Waals surface area contributed by atoms with Crippen molar-refractivity contribution >= 4 is 23.1 Å². The molecule has 0 spiro atoms. The fourth-order valence-electron chi connectivity index (χ4n) is 0.570. The van der Waals surface area contributed by atoms with Crippen molar-refractivity contribution in [1.29, 1.82) is 0 Å². The third-order valence-electron chi connectivity index (χ3n) is 1.03. The molecule has 0 saturated carbocycles. The van der Waals surface area contributed by atoms with E-state index in [-0.39, 0.29) is 47.0 Å². The Labute approximate surface area is 102 Å². The van der Waals surface area contributed by atoms with Crippen LogP contribution < -0.4 is 24.0 Å². The second-order valence-electron chi connectivity index (χ2n) is 1.79. The monoisotopic (exact) mass is 296 g/mol. The number of hydrogen-bond donors (Lipinski definition) is 0. The van der Waals surface area contributed by atoms with E-state index in [1.807, 2.05) is 0 Å². The third kappa shape index (κ3) is 4.51. The van der Waals surface area contributed by atoms with Crippen molar-refractivity contribution in [3.8, 4) is 0 Å². The maximum Gasteiger partial charge on any atom is 2.00 e. The number of halogens is 4. The molecular formula is C7H4F3IMg. The van der Waals surface area contributed by atoms with Gasteiger partial charge in [-0.05, 0) is 0 Å². The minimum atomic E-state index is -4.24. The quantitative estimate of drug-likeness (QED) is 0.332. The molecule has 0 N–H and O–H groups in total. The second-order valence-corrected chi connectivity index (χ2v) is 1.79. The first kappa shape index (κ1) is 15.0. The van der Waals surface area contributed by atoms with Crippen LogP contribution in [0, 0.1) is 6.07 Å². The van der Waals surface area contributed by atoms with Gasteiger partial charge >= 0.3 is 29.2 Å². The van der Waals surface area contributed by atoms with Gasteiger partial charge in [-0.1, -0.05) is 5.56 Å². The SMILES string of the molecule is FC(F)(F)c1c[c-]ccc1.[I-].[Mg+2]. The van der Waals surface area contributed by atoms with Gasteiger partial charge in [0.2, 0.25) is 0 Å². The van der Waals surface area contributed by atoms with Crippen molar-refractivity contribution in [3.05, 3.63) is 35.9 Å². The Morgan fingerprint density at radius 2 is 1.83 bits per heavy atom. The van der Waals surface area contributed by atoms with Crippen molar-refractivity contribution in [2.45, 2.75) is 6.18 Å². The van der Waals surface area contributed by atoms with Crippen LogP contribution in [-0.4, -0.2) is 23.1 Å². The molecule has 62 valence electrons. The molecule has 5 heteroatoms. The van der Waals surface area contributed by atoms with Crippen LogP contribution in [0.15, 0.2) is 24.3 Å². The molecule has 0 atom stereocenters. The van der Waals surface area contributed by atoms with E-state index in [0.29, 0.717) is 0 Å². The van der Waals surface area contributed by atoms with E-state index in [1.54, 1.807) is 0 Å². The molecule has 0 aromatic heterocycles. The molecule has 0 fully saturated rings. The molecule has 0 saturated heterocycles. The van der Waals surface area contributed by atoms with E-state index in [1.165, 1.54) is 12.1 Å². The van der Waals surface area contributed by atoms with Crippen molar-refractivity contribution in [2.75, 3.05) is 0 Å². The van der Waals surface area contributed by atoms with Gasteiger partial charge in [0.15, 0.2) is 0 Å². The Morgan fingerprint density at radius 3 is 2.08 bits per heavy atom. The van der Waals surface area contributed by atoms with Crippen molar-refractivity contribution < 1.29 is 37.1 Å². The van der Waals surface area contributed by atoms with E-state index < -0.39 is 11.7 Å². The van der Waals surface area contributed by atoms with Crippen LogP contribution in [0.1, 0.15) is 5.56 Å². The summed E-state index contributed by atoms with van der Waals surface area (Å²) in [4.78, 5) is 0. The van der Waals surface area contributed by atoms with E-state index in [9.17, 15) is 13.2 Å². The van der Waals surface area contributed by atoms with Gasteiger partial charge in [0, 0.05) is 0 Å². The Bertz CT molecular complexity index is 210. The van der Waals surface area contributed by atoms with Crippen molar-refractivity contribution in [1.82, 2.24) is 0 Å². The van der Waals surface area contributed by atoms with E-state index in [4.69, 9.17) is 0 Å². The van der Waals surface area contributed by atoms with Gasteiger partial charge in [-0.3, -0.25) is 0 Å². The number of hydrogen-bond acceptors (Lipinski definition) is 0. The van der Waals surface area contributed by atoms with E-state index >= 15 is 0 Å². The van der Waals surface area contributed by atoms with Crippen LogP contribution in [0.25, 0.3) is 0 Å². The van der Waals surface area contributed by atoms with Crippen LogP contribution in [-0.2, 0) is 6.18 Å². The van der Waals surface area contributed by atoms with Gasteiger partial charge < -0.3 is 24.0 Å². The average Bonchev–Trinajstić information content (AvgIpc) is 1.88. The number of rotatable bonds is 0. The summed E-state index contributed by atoms with van der Waals surface area (Å²) in [5.74, 6) is 0. The van der Waals surface area contributed by atoms with Gasteiger partial charge in [0.1, 0.15) is 0 Å². The molecule has 12 heavy (non-hydrogen) atoms. The minimum Gasteiger partial charge on any atom is -1.00 e. The summed E-state index contributed by atoms with van der Waals surface area (Å²) in [7, 11) is 0. The van der Waals surface area contributed by atoms with E-state index in [2.05, 4.69) is 6.07 Å². The maximum absolute atomic E-state index is 11.8. The summed E-state index contributed by atoms with van der Waals surface area (Å²) in [6, 6.07) is 7.01. The normalized spacial score (nSPS) is 9.58. The molecule has 0 aliphatic carbocycles. The second kappa shape index (κ2) is 6.04. The Kier molecular flexibility index (Phi) is 7.54. The van der Waals surface area contributed by atoms with Gasteiger partial charge in [-0.2, -0.15) is 43.5 Å². The molecule has 0 unspecified atom stereocenters. The fourth-order valence-corrected chi connectivity index (χ4v) is 0.570. The number of alkyl halides is 3. The largest absolute Gasteiger partial charge is 2.00 e. The molecule has 1 aromatic carbocycles. The Balaban J connectivity index is 0. The zero-order valence-corrected chi connectivity index (χ0v) is 9.60.